The molecule has 0 amide bonds. The highest BCUT2D eigenvalue weighted by atomic mass is 16.5. The van der Waals surface area contributed by atoms with E-state index in [-0.39, 0.29) is 0 Å². The molecule has 3 heterocycles. The molecule has 4 rings (SSSR count). The smallest absolute Gasteiger partial charge is 0.194 e. The van der Waals surface area contributed by atoms with Crippen LogP contribution in [0.15, 0.2) is 44.3 Å². The first-order valence-electron chi connectivity index (χ1n) is 9.71. The monoisotopic (exact) mass is 381 g/mol. The molecule has 1 saturated heterocycles. The highest BCUT2D eigenvalue weighted by Gasteiger charge is 2.21. The Morgan fingerprint density at radius 3 is 2.64 bits per heavy atom. The molecular formula is C21H27N5O2. The van der Waals surface area contributed by atoms with Crippen LogP contribution in [0.2, 0.25) is 0 Å². The van der Waals surface area contributed by atoms with Gasteiger partial charge in [0.1, 0.15) is 17.1 Å². The summed E-state index contributed by atoms with van der Waals surface area (Å²) in [5.74, 6) is 2.73. The second-order valence-corrected chi connectivity index (χ2v) is 7.24. The average Bonchev–Trinajstić information content (AvgIpc) is 3.27. The van der Waals surface area contributed by atoms with E-state index in [2.05, 4.69) is 38.3 Å². The van der Waals surface area contributed by atoms with E-state index in [1.165, 1.54) is 10.9 Å². The van der Waals surface area contributed by atoms with E-state index < -0.39 is 0 Å². The SMILES string of the molecule is CN=C(NCc1oc2ccccc2c1C)N1CCN(Cc2cc(C)on2)CC1. The second kappa shape index (κ2) is 8.06. The lowest BCUT2D eigenvalue weighted by molar-refractivity contribution is 0.168. The number of para-hydroxylation sites is 1. The molecule has 1 aromatic carbocycles. The number of benzene rings is 1. The molecule has 0 aliphatic carbocycles. The fourth-order valence-corrected chi connectivity index (χ4v) is 3.72. The lowest BCUT2D eigenvalue weighted by atomic mass is 10.1. The fourth-order valence-electron chi connectivity index (χ4n) is 3.72. The molecule has 7 heteroatoms. The van der Waals surface area contributed by atoms with E-state index >= 15 is 0 Å². The third-order valence-electron chi connectivity index (χ3n) is 5.30. The number of hydrogen-bond donors (Lipinski definition) is 1. The van der Waals surface area contributed by atoms with Gasteiger partial charge >= 0.3 is 0 Å². The van der Waals surface area contributed by atoms with Gasteiger partial charge in [-0.2, -0.15) is 0 Å². The molecule has 1 N–H and O–H groups in total. The molecule has 0 atom stereocenters. The predicted molar refractivity (Wildman–Crippen MR) is 109 cm³/mol. The van der Waals surface area contributed by atoms with E-state index in [4.69, 9.17) is 8.94 Å². The predicted octanol–water partition coefficient (Wildman–Crippen LogP) is 2.93. The maximum Gasteiger partial charge on any atom is 0.194 e. The zero-order valence-electron chi connectivity index (χ0n) is 16.7. The maximum atomic E-state index is 6.01. The van der Waals surface area contributed by atoms with Crippen molar-refractivity contribution in [3.8, 4) is 0 Å². The van der Waals surface area contributed by atoms with E-state index in [1.807, 2.05) is 38.2 Å². The summed E-state index contributed by atoms with van der Waals surface area (Å²) in [6, 6.07) is 10.2. The van der Waals surface area contributed by atoms with Gasteiger partial charge in [-0.25, -0.2) is 0 Å². The molecular weight excluding hydrogens is 354 g/mol. The van der Waals surface area contributed by atoms with Crippen LogP contribution in [0, 0.1) is 13.8 Å². The first-order chi connectivity index (χ1) is 13.6. The molecule has 3 aromatic rings. The average molecular weight is 381 g/mol. The van der Waals surface area contributed by atoms with Crippen LogP contribution in [-0.2, 0) is 13.1 Å². The van der Waals surface area contributed by atoms with E-state index in [1.54, 1.807) is 0 Å². The molecule has 2 aromatic heterocycles. The molecule has 0 spiro atoms. The highest BCUT2D eigenvalue weighted by molar-refractivity contribution is 5.83. The molecule has 28 heavy (non-hydrogen) atoms. The van der Waals surface area contributed by atoms with Crippen LogP contribution >= 0.6 is 0 Å². The number of aryl methyl sites for hydroxylation is 2. The molecule has 0 bridgehead atoms. The van der Waals surface area contributed by atoms with E-state index in [9.17, 15) is 0 Å². The second-order valence-electron chi connectivity index (χ2n) is 7.24. The molecule has 0 unspecified atom stereocenters. The summed E-state index contributed by atoms with van der Waals surface area (Å²) in [5.41, 5.74) is 3.11. The normalized spacial score (nSPS) is 16.1. The van der Waals surface area contributed by atoms with Crippen molar-refractivity contribution in [1.82, 2.24) is 20.3 Å². The van der Waals surface area contributed by atoms with Crippen LogP contribution in [0.25, 0.3) is 11.0 Å². The fraction of sp³-hybridized carbons (Fsp3) is 0.429. The molecule has 0 saturated carbocycles. The number of hydrogen-bond acceptors (Lipinski definition) is 5. The number of aromatic nitrogens is 1. The number of piperazine rings is 1. The molecule has 1 aliphatic heterocycles. The van der Waals surface area contributed by atoms with Gasteiger partial charge in [-0.05, 0) is 19.9 Å². The summed E-state index contributed by atoms with van der Waals surface area (Å²) in [4.78, 5) is 9.15. The molecule has 1 aliphatic rings. The Morgan fingerprint density at radius 2 is 1.96 bits per heavy atom. The van der Waals surface area contributed by atoms with Crippen molar-refractivity contribution in [3.63, 3.8) is 0 Å². The Morgan fingerprint density at radius 1 is 1.18 bits per heavy atom. The van der Waals surface area contributed by atoms with Gasteiger partial charge < -0.3 is 19.2 Å². The lowest BCUT2D eigenvalue weighted by Gasteiger charge is -2.36. The number of aliphatic imine (C=N–C) groups is 1. The molecule has 0 radical (unpaired) electrons. The van der Waals surface area contributed by atoms with Gasteiger partial charge in [0.25, 0.3) is 0 Å². The van der Waals surface area contributed by atoms with Gasteiger partial charge in [-0.1, -0.05) is 23.4 Å². The van der Waals surface area contributed by atoms with E-state index in [0.29, 0.717) is 6.54 Å². The minimum atomic E-state index is 0.631. The van der Waals surface area contributed by atoms with Crippen molar-refractivity contribution >= 4 is 16.9 Å². The summed E-state index contributed by atoms with van der Waals surface area (Å²) in [6.07, 6.45) is 0. The van der Waals surface area contributed by atoms with Crippen molar-refractivity contribution in [1.29, 1.82) is 0 Å². The van der Waals surface area contributed by atoms with Crippen molar-refractivity contribution in [3.05, 3.63) is 53.1 Å². The zero-order chi connectivity index (χ0) is 19.5. The number of rotatable bonds is 4. The van der Waals surface area contributed by atoms with Crippen LogP contribution in [0.5, 0.6) is 0 Å². The molecule has 148 valence electrons. The molecule has 7 nitrogen and oxygen atoms in total. The quantitative estimate of drug-likeness (QED) is 0.554. The van der Waals surface area contributed by atoms with Crippen LogP contribution < -0.4 is 5.32 Å². The maximum absolute atomic E-state index is 6.01. The standard InChI is InChI=1S/C21H27N5O2/c1-15-12-17(24-28-15)14-25-8-10-26(11-9-25)21(22-3)23-13-20-16(2)18-6-4-5-7-19(18)27-20/h4-7,12H,8-11,13-14H2,1-3H3,(H,22,23). The largest absolute Gasteiger partial charge is 0.459 e. The first kappa shape index (κ1) is 18.6. The molecule has 1 fully saturated rings. The minimum absolute atomic E-state index is 0.631. The van der Waals surface area contributed by atoms with Crippen LogP contribution in [0.4, 0.5) is 0 Å². The Kier molecular flexibility index (Phi) is 5.34. The summed E-state index contributed by atoms with van der Waals surface area (Å²) in [7, 11) is 1.83. The van der Waals surface area contributed by atoms with Gasteiger partial charge in [0.2, 0.25) is 0 Å². The number of guanidine groups is 1. The number of nitrogens with one attached hydrogen (secondary N) is 1. The summed E-state index contributed by atoms with van der Waals surface area (Å²) < 4.78 is 11.2. The van der Waals surface area contributed by atoms with Gasteiger partial charge in [-0.15, -0.1) is 0 Å². The lowest BCUT2D eigenvalue weighted by Crippen LogP contribution is -2.52. The van der Waals surface area contributed by atoms with Crippen molar-refractivity contribution in [2.75, 3.05) is 33.2 Å². The Labute approximate surface area is 165 Å². The van der Waals surface area contributed by atoms with Gasteiger partial charge in [0.05, 0.1) is 12.2 Å². The van der Waals surface area contributed by atoms with Gasteiger partial charge in [0, 0.05) is 56.8 Å². The van der Waals surface area contributed by atoms with Crippen molar-refractivity contribution in [2.24, 2.45) is 4.99 Å². The minimum Gasteiger partial charge on any atom is -0.459 e. The summed E-state index contributed by atoms with van der Waals surface area (Å²) >= 11 is 0. The zero-order valence-corrected chi connectivity index (χ0v) is 16.7. The number of fused-ring (bicyclic) bond motifs is 1. The Bertz CT molecular complexity index is 966. The van der Waals surface area contributed by atoms with Crippen LogP contribution in [0.3, 0.4) is 0 Å². The number of nitrogens with zero attached hydrogens (tertiary/aromatic N) is 4. The van der Waals surface area contributed by atoms with Crippen molar-refractivity contribution in [2.45, 2.75) is 26.9 Å². The first-order valence-corrected chi connectivity index (χ1v) is 9.71. The van der Waals surface area contributed by atoms with Crippen LogP contribution in [-0.4, -0.2) is 54.1 Å². The topological polar surface area (TPSA) is 70.0 Å². The Balaban J connectivity index is 1.33. The third-order valence-corrected chi connectivity index (χ3v) is 5.30. The van der Waals surface area contributed by atoms with Crippen molar-refractivity contribution < 1.29 is 8.94 Å². The van der Waals surface area contributed by atoms with Gasteiger partial charge in [0.15, 0.2) is 5.96 Å². The number of furan rings is 1. The Hall–Kier alpha value is -2.80. The van der Waals surface area contributed by atoms with Gasteiger partial charge in [-0.3, -0.25) is 9.89 Å². The summed E-state index contributed by atoms with van der Waals surface area (Å²) in [6.45, 7) is 9.28. The third kappa shape index (κ3) is 3.89. The van der Waals surface area contributed by atoms with E-state index in [0.717, 1.165) is 61.5 Å². The highest BCUT2D eigenvalue weighted by Crippen LogP contribution is 2.24. The van der Waals surface area contributed by atoms with Crippen LogP contribution in [0.1, 0.15) is 22.8 Å². The summed E-state index contributed by atoms with van der Waals surface area (Å²) in [5, 5.41) is 8.73.